The highest BCUT2D eigenvalue weighted by Crippen LogP contribution is 2.38. The minimum atomic E-state index is 0. The number of halogens is 1. The Morgan fingerprint density at radius 2 is 1.75 bits per heavy atom. The van der Waals surface area contributed by atoms with Gasteiger partial charge in [-0.25, -0.2) is 0 Å². The van der Waals surface area contributed by atoms with Crippen LogP contribution in [0.5, 0.6) is 17.2 Å². The fraction of sp³-hybridized carbons (Fsp3) is 0.125. The standard InChI is InChI=1S/C16H14O3.ClH/c1-10-14-8-13(18)5-6-16(14)19-9-15(10)11-3-2-4-12(17)7-11;/h2-8,17-18H,9H2,1H3;1H. The highest BCUT2D eigenvalue weighted by atomic mass is 35.5. The van der Waals surface area contributed by atoms with Gasteiger partial charge in [-0.3, -0.25) is 0 Å². The lowest BCUT2D eigenvalue weighted by Crippen LogP contribution is -2.09. The van der Waals surface area contributed by atoms with Crippen molar-refractivity contribution in [1.29, 1.82) is 0 Å². The van der Waals surface area contributed by atoms with Crippen LogP contribution in [-0.4, -0.2) is 16.8 Å². The van der Waals surface area contributed by atoms with Crippen LogP contribution in [0, 0.1) is 0 Å². The van der Waals surface area contributed by atoms with Gasteiger partial charge in [-0.2, -0.15) is 0 Å². The van der Waals surface area contributed by atoms with Gasteiger partial charge in [-0.05, 0) is 48.4 Å². The lowest BCUT2D eigenvalue weighted by molar-refractivity contribution is 0.363. The van der Waals surface area contributed by atoms with Gasteiger partial charge in [0.05, 0.1) is 0 Å². The number of phenols is 2. The normalized spacial score (nSPS) is 13.2. The zero-order chi connectivity index (χ0) is 13.4. The number of aromatic hydroxyl groups is 2. The average Bonchev–Trinajstić information content (AvgIpc) is 2.40. The molecule has 0 aromatic heterocycles. The van der Waals surface area contributed by atoms with E-state index in [9.17, 15) is 10.2 Å². The van der Waals surface area contributed by atoms with Crippen molar-refractivity contribution in [2.45, 2.75) is 6.92 Å². The van der Waals surface area contributed by atoms with Crippen molar-refractivity contribution in [3.05, 3.63) is 53.6 Å². The van der Waals surface area contributed by atoms with E-state index in [1.807, 2.05) is 19.1 Å². The van der Waals surface area contributed by atoms with Gasteiger partial charge in [0.2, 0.25) is 0 Å². The Kier molecular flexibility index (Phi) is 3.91. The molecule has 1 aliphatic rings. The molecule has 0 saturated carbocycles. The second kappa shape index (κ2) is 5.47. The molecule has 0 fully saturated rings. The number of hydrogen-bond donors (Lipinski definition) is 2. The van der Waals surface area contributed by atoms with Crippen LogP contribution in [0.3, 0.4) is 0 Å². The molecular weight excluding hydrogens is 276 g/mol. The maximum atomic E-state index is 9.59. The first-order chi connectivity index (χ1) is 9.15. The zero-order valence-corrected chi connectivity index (χ0v) is 11.8. The fourth-order valence-corrected chi connectivity index (χ4v) is 2.35. The summed E-state index contributed by atoms with van der Waals surface area (Å²) in [5, 5.41) is 19.2. The van der Waals surface area contributed by atoms with Crippen LogP contribution in [-0.2, 0) is 0 Å². The molecule has 0 aliphatic carbocycles. The molecule has 1 aliphatic heterocycles. The van der Waals surface area contributed by atoms with Gasteiger partial charge in [0.25, 0.3) is 0 Å². The van der Waals surface area contributed by atoms with Crippen LogP contribution in [0.2, 0.25) is 0 Å². The SMILES string of the molecule is CC1=C(c2cccc(O)c2)COc2ccc(O)cc21.Cl. The van der Waals surface area contributed by atoms with Gasteiger partial charge in [0, 0.05) is 11.1 Å². The summed E-state index contributed by atoms with van der Waals surface area (Å²) in [5.74, 6) is 1.23. The third-order valence-corrected chi connectivity index (χ3v) is 3.39. The quantitative estimate of drug-likeness (QED) is 0.839. The topological polar surface area (TPSA) is 49.7 Å². The van der Waals surface area contributed by atoms with E-state index < -0.39 is 0 Å². The van der Waals surface area contributed by atoms with E-state index in [0.717, 1.165) is 28.0 Å². The van der Waals surface area contributed by atoms with Crippen LogP contribution in [0.25, 0.3) is 11.1 Å². The number of fused-ring (bicyclic) bond motifs is 1. The van der Waals surface area contributed by atoms with E-state index in [1.165, 1.54) is 0 Å². The van der Waals surface area contributed by atoms with Crippen molar-refractivity contribution in [2.75, 3.05) is 6.61 Å². The Bertz CT molecular complexity index is 677. The van der Waals surface area contributed by atoms with Crippen molar-refractivity contribution < 1.29 is 14.9 Å². The highest BCUT2D eigenvalue weighted by molar-refractivity contribution is 5.94. The van der Waals surface area contributed by atoms with Gasteiger partial charge < -0.3 is 14.9 Å². The van der Waals surface area contributed by atoms with Gasteiger partial charge in [0.15, 0.2) is 0 Å². The van der Waals surface area contributed by atoms with Crippen LogP contribution in [0.1, 0.15) is 18.1 Å². The molecule has 0 unspecified atom stereocenters. The number of ether oxygens (including phenoxy) is 1. The largest absolute Gasteiger partial charge is 0.508 e. The second-order valence-corrected chi connectivity index (χ2v) is 4.62. The van der Waals surface area contributed by atoms with E-state index in [2.05, 4.69) is 0 Å². The molecule has 2 aromatic rings. The number of phenolic OH excluding ortho intramolecular Hbond substituents is 2. The third-order valence-electron chi connectivity index (χ3n) is 3.39. The second-order valence-electron chi connectivity index (χ2n) is 4.62. The van der Waals surface area contributed by atoms with Gasteiger partial charge >= 0.3 is 0 Å². The predicted molar refractivity (Wildman–Crippen MR) is 81.4 cm³/mol. The molecule has 2 aromatic carbocycles. The smallest absolute Gasteiger partial charge is 0.127 e. The minimum absolute atomic E-state index is 0. The number of allylic oxidation sites excluding steroid dienone is 1. The number of benzene rings is 2. The van der Waals surface area contributed by atoms with Crippen LogP contribution in [0.15, 0.2) is 42.5 Å². The summed E-state index contributed by atoms with van der Waals surface area (Å²) >= 11 is 0. The molecule has 104 valence electrons. The molecular formula is C16H15ClO3. The molecule has 3 nitrogen and oxygen atoms in total. The summed E-state index contributed by atoms with van der Waals surface area (Å²) in [4.78, 5) is 0. The van der Waals surface area contributed by atoms with E-state index in [4.69, 9.17) is 4.74 Å². The molecule has 0 amide bonds. The molecule has 1 heterocycles. The molecule has 4 heteroatoms. The molecule has 0 radical (unpaired) electrons. The molecule has 3 rings (SSSR count). The van der Waals surface area contributed by atoms with Crippen molar-refractivity contribution in [2.24, 2.45) is 0 Å². The maximum Gasteiger partial charge on any atom is 0.127 e. The van der Waals surface area contributed by atoms with Gasteiger partial charge in [-0.1, -0.05) is 12.1 Å². The van der Waals surface area contributed by atoms with E-state index in [0.29, 0.717) is 6.61 Å². The van der Waals surface area contributed by atoms with E-state index in [-0.39, 0.29) is 23.9 Å². The minimum Gasteiger partial charge on any atom is -0.508 e. The Morgan fingerprint density at radius 1 is 1.00 bits per heavy atom. The molecule has 0 spiro atoms. The Balaban J connectivity index is 0.00000147. The van der Waals surface area contributed by atoms with Crippen molar-refractivity contribution in [3.63, 3.8) is 0 Å². The molecule has 20 heavy (non-hydrogen) atoms. The number of hydrogen-bond acceptors (Lipinski definition) is 3. The van der Waals surface area contributed by atoms with Crippen molar-refractivity contribution >= 4 is 23.6 Å². The lowest BCUT2D eigenvalue weighted by Gasteiger charge is -2.22. The lowest BCUT2D eigenvalue weighted by atomic mass is 9.93. The summed E-state index contributed by atoms with van der Waals surface area (Å²) in [6.07, 6.45) is 0. The van der Waals surface area contributed by atoms with Gasteiger partial charge in [0.1, 0.15) is 23.9 Å². The molecule has 2 N–H and O–H groups in total. The average molecular weight is 291 g/mol. The van der Waals surface area contributed by atoms with Gasteiger partial charge in [-0.15, -0.1) is 12.4 Å². The van der Waals surface area contributed by atoms with Crippen LogP contribution < -0.4 is 4.74 Å². The maximum absolute atomic E-state index is 9.59. The monoisotopic (exact) mass is 290 g/mol. The zero-order valence-electron chi connectivity index (χ0n) is 11.0. The summed E-state index contributed by atoms with van der Waals surface area (Å²) in [7, 11) is 0. The first-order valence-electron chi connectivity index (χ1n) is 6.10. The Morgan fingerprint density at radius 3 is 2.50 bits per heavy atom. The van der Waals surface area contributed by atoms with Crippen molar-refractivity contribution in [3.8, 4) is 17.2 Å². The van der Waals surface area contributed by atoms with Crippen molar-refractivity contribution in [1.82, 2.24) is 0 Å². The van der Waals surface area contributed by atoms with Crippen LogP contribution >= 0.6 is 12.4 Å². The Labute approximate surface area is 123 Å². The van der Waals surface area contributed by atoms with E-state index >= 15 is 0 Å². The number of rotatable bonds is 1. The van der Waals surface area contributed by atoms with E-state index in [1.54, 1.807) is 30.3 Å². The summed E-state index contributed by atoms with van der Waals surface area (Å²) in [5.41, 5.74) is 3.91. The summed E-state index contributed by atoms with van der Waals surface area (Å²) < 4.78 is 5.71. The fourth-order valence-electron chi connectivity index (χ4n) is 2.35. The molecule has 0 saturated heterocycles. The first kappa shape index (κ1) is 14.3. The summed E-state index contributed by atoms with van der Waals surface area (Å²) in [6.45, 7) is 2.47. The Hall–Kier alpha value is -2.13. The first-order valence-corrected chi connectivity index (χ1v) is 6.10. The van der Waals surface area contributed by atoms with Crippen LogP contribution in [0.4, 0.5) is 0 Å². The molecule has 0 atom stereocenters. The molecule has 0 bridgehead atoms. The highest BCUT2D eigenvalue weighted by Gasteiger charge is 2.18. The third kappa shape index (κ3) is 2.45. The summed E-state index contributed by atoms with van der Waals surface area (Å²) in [6, 6.07) is 12.2. The predicted octanol–water partition coefficient (Wildman–Crippen LogP) is 3.84.